The fraction of sp³-hybridized carbons (Fsp3) is 0.222. The number of amides is 2. The van der Waals surface area contributed by atoms with Crippen LogP contribution < -0.4 is 15.5 Å². The topological polar surface area (TPSA) is 61.4 Å². The molecule has 0 atom stereocenters. The molecule has 0 saturated carbocycles. The molecule has 0 fully saturated rings. The third-order valence-corrected chi connectivity index (χ3v) is 4.29. The fourth-order valence-electron chi connectivity index (χ4n) is 2.32. The van der Waals surface area contributed by atoms with Crippen LogP contribution >= 0.6 is 23.2 Å². The number of halogens is 2. The molecule has 0 aliphatic carbocycles. The van der Waals surface area contributed by atoms with Crippen molar-refractivity contribution in [3.05, 3.63) is 52.5 Å². The summed E-state index contributed by atoms with van der Waals surface area (Å²) in [7, 11) is 0. The summed E-state index contributed by atoms with van der Waals surface area (Å²) in [6.07, 6.45) is 0. The summed E-state index contributed by atoms with van der Waals surface area (Å²) in [4.78, 5) is 26.3. The highest BCUT2D eigenvalue weighted by atomic mass is 35.5. The molecule has 132 valence electrons. The Hall–Kier alpha value is -2.24. The summed E-state index contributed by atoms with van der Waals surface area (Å²) >= 11 is 12.0. The predicted molar refractivity (Wildman–Crippen MR) is 104 cm³/mol. The second kappa shape index (κ2) is 8.74. The van der Waals surface area contributed by atoms with Gasteiger partial charge in [0.2, 0.25) is 0 Å². The van der Waals surface area contributed by atoms with Gasteiger partial charge in [0.25, 0.3) is 0 Å². The van der Waals surface area contributed by atoms with Crippen molar-refractivity contribution in [2.75, 3.05) is 28.6 Å². The molecule has 7 heteroatoms. The van der Waals surface area contributed by atoms with E-state index in [1.165, 1.54) is 0 Å². The zero-order chi connectivity index (χ0) is 18.4. The number of rotatable bonds is 5. The van der Waals surface area contributed by atoms with Crippen LogP contribution in [0.3, 0.4) is 0 Å². The minimum atomic E-state index is -0.845. The second-order valence-electron chi connectivity index (χ2n) is 5.22. The predicted octanol–water partition coefficient (Wildman–Crippen LogP) is 4.42. The molecule has 0 aliphatic heterocycles. The van der Waals surface area contributed by atoms with Crippen molar-refractivity contribution in [3.8, 4) is 0 Å². The molecule has 0 bridgehead atoms. The largest absolute Gasteiger partial charge is 0.372 e. The Bertz CT molecular complexity index is 739. The van der Waals surface area contributed by atoms with Crippen LogP contribution in [-0.4, -0.2) is 24.9 Å². The van der Waals surface area contributed by atoms with E-state index in [0.29, 0.717) is 5.69 Å². The lowest BCUT2D eigenvalue weighted by molar-refractivity contribution is -0.132. The average Bonchev–Trinajstić information content (AvgIpc) is 2.60. The molecule has 0 heterocycles. The van der Waals surface area contributed by atoms with Crippen molar-refractivity contribution < 1.29 is 9.59 Å². The standard InChI is InChI=1S/C18H19Cl2N3O2/c1-3-23(4-2)13-10-8-12(9-11-13)21-17(24)18(25)22-16-14(19)6-5-7-15(16)20/h5-11H,3-4H2,1-2H3,(H,21,24)(H,22,25). The van der Waals surface area contributed by atoms with Crippen LogP contribution in [0.5, 0.6) is 0 Å². The van der Waals surface area contributed by atoms with Crippen LogP contribution in [0.1, 0.15) is 13.8 Å². The Labute approximate surface area is 156 Å². The van der Waals surface area contributed by atoms with Gasteiger partial charge in [0.15, 0.2) is 0 Å². The number of carbonyl (C=O) groups is 2. The zero-order valence-corrected chi connectivity index (χ0v) is 15.5. The van der Waals surface area contributed by atoms with Crippen molar-refractivity contribution in [2.24, 2.45) is 0 Å². The van der Waals surface area contributed by atoms with Crippen LogP contribution in [0, 0.1) is 0 Å². The molecule has 2 aromatic carbocycles. The maximum Gasteiger partial charge on any atom is 0.314 e. The molecule has 0 spiro atoms. The summed E-state index contributed by atoms with van der Waals surface area (Å²) in [6, 6.07) is 12.1. The van der Waals surface area contributed by atoms with Gasteiger partial charge in [-0.05, 0) is 50.2 Å². The molecule has 0 unspecified atom stereocenters. The lowest BCUT2D eigenvalue weighted by Crippen LogP contribution is -2.29. The van der Waals surface area contributed by atoms with E-state index >= 15 is 0 Å². The van der Waals surface area contributed by atoms with E-state index in [4.69, 9.17) is 23.2 Å². The van der Waals surface area contributed by atoms with E-state index < -0.39 is 11.8 Å². The third-order valence-electron chi connectivity index (χ3n) is 3.66. The first-order valence-electron chi connectivity index (χ1n) is 7.87. The van der Waals surface area contributed by atoms with E-state index in [1.54, 1.807) is 30.3 Å². The third kappa shape index (κ3) is 4.87. The van der Waals surface area contributed by atoms with Gasteiger partial charge < -0.3 is 15.5 Å². The maximum absolute atomic E-state index is 12.1. The van der Waals surface area contributed by atoms with Crippen LogP contribution in [-0.2, 0) is 9.59 Å². The van der Waals surface area contributed by atoms with Crippen molar-refractivity contribution in [2.45, 2.75) is 13.8 Å². The van der Waals surface area contributed by atoms with E-state index in [1.807, 2.05) is 12.1 Å². The lowest BCUT2D eigenvalue weighted by Gasteiger charge is -2.21. The number of anilines is 3. The zero-order valence-electron chi connectivity index (χ0n) is 14.0. The van der Waals surface area contributed by atoms with E-state index in [9.17, 15) is 9.59 Å². The van der Waals surface area contributed by atoms with E-state index in [2.05, 4.69) is 29.4 Å². The quantitative estimate of drug-likeness (QED) is 0.755. The SMILES string of the molecule is CCN(CC)c1ccc(NC(=O)C(=O)Nc2c(Cl)cccc2Cl)cc1. The molecule has 2 aromatic rings. The molecule has 0 saturated heterocycles. The lowest BCUT2D eigenvalue weighted by atomic mass is 10.2. The van der Waals surface area contributed by atoms with Gasteiger partial charge in [-0.2, -0.15) is 0 Å². The molecule has 25 heavy (non-hydrogen) atoms. The van der Waals surface area contributed by atoms with Crippen molar-refractivity contribution >= 4 is 52.1 Å². The number of carbonyl (C=O) groups excluding carboxylic acids is 2. The number of benzene rings is 2. The monoisotopic (exact) mass is 379 g/mol. The van der Waals surface area contributed by atoms with Gasteiger partial charge in [-0.25, -0.2) is 0 Å². The number of nitrogens with one attached hydrogen (secondary N) is 2. The highest BCUT2D eigenvalue weighted by Gasteiger charge is 2.17. The number of hydrogen-bond donors (Lipinski definition) is 2. The molecule has 2 N–H and O–H groups in total. The highest BCUT2D eigenvalue weighted by molar-refractivity contribution is 6.46. The molecule has 0 aromatic heterocycles. The number of hydrogen-bond acceptors (Lipinski definition) is 3. The highest BCUT2D eigenvalue weighted by Crippen LogP contribution is 2.29. The normalized spacial score (nSPS) is 10.2. The van der Waals surface area contributed by atoms with Crippen molar-refractivity contribution in [1.82, 2.24) is 0 Å². The number of nitrogens with zero attached hydrogens (tertiary/aromatic N) is 1. The smallest absolute Gasteiger partial charge is 0.314 e. The van der Waals surface area contributed by atoms with Gasteiger partial charge in [-0.3, -0.25) is 9.59 Å². The summed E-state index contributed by atoms with van der Waals surface area (Å²) in [5.74, 6) is -1.64. The summed E-state index contributed by atoms with van der Waals surface area (Å²) in [5, 5.41) is 5.49. The second-order valence-corrected chi connectivity index (χ2v) is 6.04. The molecule has 0 radical (unpaired) electrons. The van der Waals surface area contributed by atoms with Crippen molar-refractivity contribution in [3.63, 3.8) is 0 Å². The molecular weight excluding hydrogens is 361 g/mol. The first-order valence-corrected chi connectivity index (χ1v) is 8.63. The number of para-hydroxylation sites is 1. The Morgan fingerprint density at radius 2 is 1.40 bits per heavy atom. The molecular formula is C18H19Cl2N3O2. The fourth-order valence-corrected chi connectivity index (χ4v) is 2.81. The van der Waals surface area contributed by atoms with E-state index in [0.717, 1.165) is 18.8 Å². The van der Waals surface area contributed by atoms with Crippen molar-refractivity contribution in [1.29, 1.82) is 0 Å². The first-order chi connectivity index (χ1) is 12.0. The summed E-state index contributed by atoms with van der Waals surface area (Å²) in [5.41, 5.74) is 1.79. The minimum absolute atomic E-state index is 0.211. The summed E-state index contributed by atoms with van der Waals surface area (Å²) in [6.45, 7) is 5.93. The maximum atomic E-state index is 12.1. The van der Waals surface area contributed by atoms with Gasteiger partial charge in [0.1, 0.15) is 0 Å². The Morgan fingerprint density at radius 1 is 0.880 bits per heavy atom. The average molecular weight is 380 g/mol. The van der Waals surface area contributed by atoms with Gasteiger partial charge >= 0.3 is 11.8 Å². The van der Waals surface area contributed by atoms with Crippen LogP contribution in [0.4, 0.5) is 17.1 Å². The Kier molecular flexibility index (Phi) is 6.67. The van der Waals surface area contributed by atoms with E-state index in [-0.39, 0.29) is 15.7 Å². The van der Waals surface area contributed by atoms with Gasteiger partial charge in [0.05, 0.1) is 15.7 Å². The van der Waals surface area contributed by atoms with Gasteiger partial charge in [-0.1, -0.05) is 29.3 Å². The van der Waals surface area contributed by atoms with Gasteiger partial charge in [0, 0.05) is 24.5 Å². The summed E-state index contributed by atoms with van der Waals surface area (Å²) < 4.78 is 0. The van der Waals surface area contributed by atoms with Crippen LogP contribution in [0.25, 0.3) is 0 Å². The molecule has 0 aliphatic rings. The first kappa shape index (κ1) is 19.1. The molecule has 2 amide bonds. The van der Waals surface area contributed by atoms with Gasteiger partial charge in [-0.15, -0.1) is 0 Å². The molecule has 5 nitrogen and oxygen atoms in total. The van der Waals surface area contributed by atoms with Crippen LogP contribution in [0.2, 0.25) is 10.0 Å². The Morgan fingerprint density at radius 3 is 1.92 bits per heavy atom. The van der Waals surface area contributed by atoms with Crippen LogP contribution in [0.15, 0.2) is 42.5 Å². The minimum Gasteiger partial charge on any atom is -0.372 e. The Balaban J connectivity index is 2.03. The molecule has 2 rings (SSSR count).